The molecule has 0 aromatic carbocycles. The summed E-state index contributed by atoms with van der Waals surface area (Å²) in [5.74, 6) is -6.94. The van der Waals surface area contributed by atoms with E-state index in [0.29, 0.717) is 35.0 Å². The fraction of sp³-hybridized carbons (Fsp3) is 0.557. The fourth-order valence-corrected chi connectivity index (χ4v) is 11.7. The lowest BCUT2D eigenvalue weighted by Gasteiger charge is -2.18. The number of amides is 2. The van der Waals surface area contributed by atoms with Crippen LogP contribution in [0.5, 0.6) is 0 Å². The number of primary amides is 2. The van der Waals surface area contributed by atoms with E-state index < -0.39 is 268 Å². The molecule has 65 heteroatoms. The zero-order chi connectivity index (χ0) is 105. The summed E-state index contributed by atoms with van der Waals surface area (Å²) in [6, 6.07) is -0.0735. The molecule has 0 aliphatic carbocycles. The molecule has 0 spiro atoms. The number of nitrogens with two attached hydrogens (primary N) is 9. The van der Waals surface area contributed by atoms with Crippen molar-refractivity contribution in [3.8, 4) is 0 Å². The molecule has 5 aliphatic rings. The highest BCUT2D eigenvalue weighted by Gasteiger charge is 2.50. The number of ether oxygens (including phenoxy) is 10. The van der Waals surface area contributed by atoms with Crippen LogP contribution in [0.25, 0.3) is 0 Å². The van der Waals surface area contributed by atoms with Gasteiger partial charge >= 0.3 is 58.3 Å². The van der Waals surface area contributed by atoms with Gasteiger partial charge in [0.25, 0.3) is 0 Å². The number of aliphatic imine (C=N–C) groups is 1. The number of rotatable bonds is 37. The Kier molecular flexibility index (Phi) is 38.6. The molecule has 40 N–H and O–H groups in total. The highest BCUT2D eigenvalue weighted by molar-refractivity contribution is 5.84. The van der Waals surface area contributed by atoms with E-state index in [2.05, 4.69) is 39.9 Å². The van der Waals surface area contributed by atoms with E-state index >= 15 is 0 Å². The van der Waals surface area contributed by atoms with Crippen LogP contribution in [0.15, 0.2) is 103 Å². The molecule has 5 aliphatic heterocycles. The molecule has 11 heterocycles. The summed E-state index contributed by atoms with van der Waals surface area (Å²) in [4.78, 5) is 168. The van der Waals surface area contributed by atoms with E-state index in [1.54, 1.807) is 27.4 Å². The number of aromatic nitrogens is 12. The number of aromatic amines is 1. The largest absolute Gasteiger partial charge is 0.462 e. The standard InChI is InChI=1S/C15H25N7O7.C15H20N6O7.C14H21N5O8.C13H19N5O8.C13H20N4O8/c16-7(2-1-4-19-14(17)18)13(25)28-6-8-10(23)11(24)12(29-8)22-5-3-9(21-27)20-15(22)26;16-8(3-7-4-17-6-18-7)14(24)27-5-9-11(22)12(23)13(28-9)21-2-1-10(20-26)19-15(21)25;15-6(1-2-8(16)20)13(23)26-5-7-10(21)11(22)12(27-7)19-4-3-9(18-25)17-14(19)24;14-5(3-7(15)19)12(22)25-4-6-9(20)10(21)11(26-6)18-2-1-8(17-24)16-13(18)23;1-5(18)8(14)12(21)24-4-6-9(19)10(20)11(25-6)17-3-2-7(16-23)15-13(17)22/h3,5,7-8,10-12,23-24,27H,1-2,4,6,16H2,(H4,17,18,19)(H,20,21,26);1-2,4,6,8-9,11-13,22-23,26H,3,5,16H2,(H,17,18)(H,19,20,25);3-4,6-7,10-12,21-22,25H,1-2,5,15H2,(H2,16,20)(H,17,18,24);1-2,5-6,9-11,20-21,24H,3-4,14H2,(H2,15,19)(H,16,17,23);2-3,5-6,8-11,18-20,23H,4,14H2,1H3,(H,15,16,22)/t7-,8-,10-,11-,12-;8-,9-,11-,12-,13-;6-,7-,10-,11-,12-;5-,6-,9-,10-,11-;5-,6+,8+,9+,10+,11+/m11110/s1/i12D;13D;12D;2*11D. The van der Waals surface area contributed by atoms with Crippen LogP contribution in [0.1, 0.15) is 82.6 Å². The first-order valence-corrected chi connectivity index (χ1v) is 39.3. The second kappa shape index (κ2) is 51.6. The number of nitrogens with one attached hydrogen (secondary N) is 6. The van der Waals surface area contributed by atoms with Crippen LogP contribution in [-0.2, 0) is 87.4 Å². The second-order valence-corrected chi connectivity index (χ2v) is 28.8. The third kappa shape index (κ3) is 30.3. The monoisotopic (exact) mass is 1940 g/mol. The quantitative estimate of drug-likeness (QED) is 0.00430. The predicted molar refractivity (Wildman–Crippen MR) is 440 cm³/mol. The SMILES string of the molecule is [2H][C@@]1(n2ccc(NO)nc2=O)O[C@H](COC(=O)[C@H](N)CC(N)=O)[C@@H](O)[C@H]1O.[2H][C@@]1(n2ccc(NO)nc2=O)O[C@H](COC(=O)[C@H](N)CCC(N)=O)[C@@H](O)[C@H]1O.[2H][C@@]1(n2ccc(NO)nc2=O)O[C@H](COC(=O)[C@H](N)CCCN=C(N)N)[C@@H](O)[C@H]1O.[2H][C@@]1(n2ccc(NO)nc2=O)O[C@H](COC(=O)[C@H](N)Cc2cnc[nH]2)[C@@H](O)[C@H]1O.[2H][C@@]1(n2ccc(NO)nc2=O)O[C@H](COC(=O)[C@H](N)[C@H](C)O)[C@@H](O)[C@H]1O. The van der Waals surface area contributed by atoms with Crippen LogP contribution in [0.3, 0.4) is 0 Å². The maximum Gasteiger partial charge on any atom is 0.351 e. The lowest BCUT2D eigenvalue weighted by molar-refractivity contribution is -0.154. The number of nitrogens with zero attached hydrogens (tertiary/aromatic N) is 12. The minimum atomic E-state index is -2.47. The van der Waals surface area contributed by atoms with E-state index in [1.807, 2.05) is 0 Å². The average Bonchev–Trinajstić information content (AvgIpc) is 1.62. The number of carbonyl (C=O) groups is 7. The van der Waals surface area contributed by atoms with Gasteiger partial charge in [-0.15, -0.1) is 0 Å². The number of hydrogen-bond acceptors (Lipinski definition) is 55. The molecule has 6 aromatic heterocycles. The van der Waals surface area contributed by atoms with Gasteiger partial charge in [-0.1, -0.05) is 0 Å². The van der Waals surface area contributed by atoms with E-state index in [1.165, 1.54) is 19.4 Å². The molecule has 0 unspecified atom stereocenters. The Morgan fingerprint density at radius 1 is 0.430 bits per heavy atom. The van der Waals surface area contributed by atoms with Crippen molar-refractivity contribution in [2.45, 2.75) is 204 Å². The lowest BCUT2D eigenvalue weighted by Crippen LogP contribution is -2.43. The third-order valence-corrected chi connectivity index (χ3v) is 19.0. The van der Waals surface area contributed by atoms with Crippen molar-refractivity contribution in [3.05, 3.63) is 132 Å². The van der Waals surface area contributed by atoms with E-state index in [-0.39, 0.29) is 67.3 Å². The maximum absolute atomic E-state index is 12.1. The highest BCUT2D eigenvalue weighted by Crippen LogP contribution is 2.34. The number of hydrogen-bond donors (Lipinski definition) is 31. The number of aliphatic hydroxyl groups is 11. The molecule has 0 saturated carbocycles. The van der Waals surface area contributed by atoms with Crippen LogP contribution in [-0.4, -0.2) is 355 Å². The number of anilines is 5. The van der Waals surface area contributed by atoms with Crippen molar-refractivity contribution in [1.29, 1.82) is 0 Å². The molecule has 5 saturated heterocycles. The normalized spacial score (nSPS) is 29.3. The maximum atomic E-state index is 12.1. The summed E-state index contributed by atoms with van der Waals surface area (Å²) in [5, 5.41) is 155. The lowest BCUT2D eigenvalue weighted by atomic mass is 10.1. The minimum absolute atomic E-state index is 0.0421. The fourth-order valence-electron chi connectivity index (χ4n) is 11.7. The topological polar surface area (TPSA) is 1050 Å². The van der Waals surface area contributed by atoms with Crippen LogP contribution in [0, 0.1) is 0 Å². The van der Waals surface area contributed by atoms with Crippen molar-refractivity contribution in [2.75, 3.05) is 67.0 Å². The van der Waals surface area contributed by atoms with Gasteiger partial charge in [0.2, 0.25) is 11.8 Å². The Labute approximate surface area is 762 Å². The predicted octanol–water partition coefficient (Wildman–Crippen LogP) is -15.8. The van der Waals surface area contributed by atoms with Crippen LogP contribution < -0.4 is 107 Å². The van der Waals surface area contributed by atoms with Gasteiger partial charge in [-0.2, -0.15) is 24.9 Å². The van der Waals surface area contributed by atoms with Gasteiger partial charge < -0.3 is 160 Å². The average molecular weight is 1940 g/mol. The summed E-state index contributed by atoms with van der Waals surface area (Å²) in [5.41, 5.74) is 51.8. The first-order valence-electron chi connectivity index (χ1n) is 41.8. The van der Waals surface area contributed by atoms with E-state index in [0.717, 1.165) is 61.3 Å². The number of carbonyl (C=O) groups excluding carboxylic acids is 7. The molecular weight excluding hydrogens is 1830 g/mol. The van der Waals surface area contributed by atoms with Crippen molar-refractivity contribution in [3.63, 3.8) is 0 Å². The Morgan fingerprint density at radius 2 is 0.704 bits per heavy atom. The third-order valence-electron chi connectivity index (χ3n) is 19.0. The zero-order valence-electron chi connectivity index (χ0n) is 75.2. The molecule has 0 bridgehead atoms. The van der Waals surface area contributed by atoms with E-state index in [4.69, 9.17) is 132 Å². The van der Waals surface area contributed by atoms with Gasteiger partial charge in [0.1, 0.15) is 155 Å². The number of esters is 5. The Balaban J connectivity index is 0.000000238. The van der Waals surface area contributed by atoms with Gasteiger partial charge in [-0.3, -0.25) is 115 Å². The van der Waals surface area contributed by atoms with Crippen LogP contribution in [0.4, 0.5) is 29.1 Å². The second-order valence-electron chi connectivity index (χ2n) is 28.8. The summed E-state index contributed by atoms with van der Waals surface area (Å²) in [7, 11) is 0. The number of aliphatic hydroxyl groups excluding tert-OH is 11. The Bertz CT molecular complexity index is 5560. The molecule has 0 radical (unpaired) electrons. The van der Waals surface area contributed by atoms with Gasteiger partial charge in [0, 0.05) is 62.3 Å². The van der Waals surface area contributed by atoms with Crippen molar-refractivity contribution < 1.29 is 170 Å². The Morgan fingerprint density at radius 3 is 0.948 bits per heavy atom. The molecule has 65 nitrogen and oxygen atoms in total. The number of H-pyrrole nitrogens is 1. The van der Waals surface area contributed by atoms with Crippen LogP contribution >= 0.6 is 0 Å². The molecule has 2 amide bonds. The smallest absolute Gasteiger partial charge is 0.351 e. The van der Waals surface area contributed by atoms with Gasteiger partial charge in [-0.25, -0.2) is 29.0 Å². The summed E-state index contributed by atoms with van der Waals surface area (Å²) >= 11 is 0. The highest BCUT2D eigenvalue weighted by atomic mass is 16.6. The molecular formula is C70H105N27O38. The number of guanidine groups is 1. The van der Waals surface area contributed by atoms with Crippen molar-refractivity contribution >= 4 is 76.7 Å². The van der Waals surface area contributed by atoms with Gasteiger partial charge in [0.05, 0.1) is 25.7 Å². The molecule has 748 valence electrons. The first-order chi connectivity index (χ1) is 65.7. The molecule has 5 fully saturated rings. The summed E-state index contributed by atoms with van der Waals surface area (Å²) < 4.78 is 95.1. The zero-order valence-corrected chi connectivity index (χ0v) is 70.2. The molecule has 135 heavy (non-hydrogen) atoms. The summed E-state index contributed by atoms with van der Waals surface area (Å²) in [6.07, 6.45) is -29.4. The first kappa shape index (κ1) is 101. The molecule has 11 rings (SSSR count). The van der Waals surface area contributed by atoms with Crippen LogP contribution in [0.2, 0.25) is 0 Å². The molecule has 6 aromatic rings. The summed E-state index contributed by atoms with van der Waals surface area (Å²) in [6.45, 7) is -1.20. The van der Waals surface area contributed by atoms with Crippen molar-refractivity contribution in [2.24, 2.45) is 56.6 Å². The van der Waals surface area contributed by atoms with E-state index in [9.17, 15) is 114 Å². The molecule has 26 atom stereocenters. The van der Waals surface area contributed by atoms with Gasteiger partial charge in [0.15, 0.2) is 66.1 Å². The number of imidazole rings is 1. The Hall–Kier alpha value is -12.9. The van der Waals surface area contributed by atoms with Gasteiger partial charge in [-0.05, 0) is 56.5 Å². The van der Waals surface area contributed by atoms with Crippen molar-refractivity contribution in [1.82, 2.24) is 57.7 Å². The minimum Gasteiger partial charge on any atom is -0.462 e.